The van der Waals surface area contributed by atoms with Gasteiger partial charge in [0.1, 0.15) is 0 Å². The molecule has 0 aliphatic heterocycles. The molecule has 104 valence electrons. The molecular formula is C15H16N2O2S. The summed E-state index contributed by atoms with van der Waals surface area (Å²) in [4.78, 5) is 24.1. The second-order valence-electron chi connectivity index (χ2n) is 4.36. The van der Waals surface area contributed by atoms with Gasteiger partial charge in [-0.05, 0) is 23.9 Å². The van der Waals surface area contributed by atoms with Gasteiger partial charge < -0.3 is 10.6 Å². The van der Waals surface area contributed by atoms with Gasteiger partial charge in [-0.2, -0.15) is 0 Å². The first-order valence-corrected chi connectivity index (χ1v) is 7.21. The molecule has 5 heteroatoms. The van der Waals surface area contributed by atoms with E-state index in [2.05, 4.69) is 10.6 Å². The lowest BCUT2D eigenvalue weighted by Crippen LogP contribution is -2.37. The van der Waals surface area contributed by atoms with Gasteiger partial charge in [-0.15, -0.1) is 11.3 Å². The number of hydrogen-bond donors (Lipinski definition) is 2. The van der Waals surface area contributed by atoms with Crippen LogP contribution in [0.2, 0.25) is 0 Å². The summed E-state index contributed by atoms with van der Waals surface area (Å²) in [5.41, 5.74) is 1.03. The lowest BCUT2D eigenvalue weighted by molar-refractivity contribution is -0.120. The highest BCUT2D eigenvalue weighted by Crippen LogP contribution is 2.10. The molecule has 20 heavy (non-hydrogen) atoms. The van der Waals surface area contributed by atoms with Crippen LogP contribution in [0.5, 0.6) is 0 Å². The van der Waals surface area contributed by atoms with Crippen LogP contribution in [0.15, 0.2) is 47.8 Å². The summed E-state index contributed by atoms with van der Waals surface area (Å²) in [6, 6.07) is 13.1. The molecule has 4 nitrogen and oxygen atoms in total. The molecule has 0 unspecified atom stereocenters. The molecule has 2 rings (SSSR count). The lowest BCUT2D eigenvalue weighted by Gasteiger charge is -2.14. The van der Waals surface area contributed by atoms with Gasteiger partial charge in [-0.3, -0.25) is 9.59 Å². The molecule has 0 radical (unpaired) electrons. The summed E-state index contributed by atoms with van der Waals surface area (Å²) in [5, 5.41) is 7.27. The molecule has 0 aliphatic rings. The van der Waals surface area contributed by atoms with Crippen molar-refractivity contribution in [2.75, 3.05) is 6.54 Å². The highest BCUT2D eigenvalue weighted by atomic mass is 32.1. The molecule has 0 aliphatic carbocycles. The molecule has 1 heterocycles. The topological polar surface area (TPSA) is 58.2 Å². The smallest absolute Gasteiger partial charge is 0.261 e. The third kappa shape index (κ3) is 3.93. The maximum Gasteiger partial charge on any atom is 0.261 e. The Bertz CT molecular complexity index is 567. The van der Waals surface area contributed by atoms with Crippen molar-refractivity contribution in [2.24, 2.45) is 0 Å². The molecule has 2 N–H and O–H groups in total. The van der Waals surface area contributed by atoms with Crippen LogP contribution in [-0.2, 0) is 4.79 Å². The molecule has 1 aromatic carbocycles. The Labute approximate surface area is 121 Å². The molecule has 0 spiro atoms. The first kappa shape index (κ1) is 14.3. The van der Waals surface area contributed by atoms with Crippen LogP contribution in [0.25, 0.3) is 0 Å². The summed E-state index contributed by atoms with van der Waals surface area (Å²) in [6.07, 6.45) is 0. The predicted molar refractivity (Wildman–Crippen MR) is 79.7 cm³/mol. The molecule has 0 saturated carbocycles. The molecule has 0 saturated heterocycles. The largest absolute Gasteiger partial charge is 0.348 e. The average Bonchev–Trinajstić information content (AvgIpc) is 3.00. The minimum absolute atomic E-state index is 0.0199. The maximum atomic E-state index is 11.8. The van der Waals surface area contributed by atoms with E-state index in [1.165, 1.54) is 11.3 Å². The molecule has 1 aromatic heterocycles. The van der Waals surface area contributed by atoms with Crippen molar-refractivity contribution in [3.8, 4) is 0 Å². The van der Waals surface area contributed by atoms with Gasteiger partial charge in [0.05, 0.1) is 17.5 Å². The quantitative estimate of drug-likeness (QED) is 0.887. The van der Waals surface area contributed by atoms with E-state index in [1.54, 1.807) is 12.1 Å². The van der Waals surface area contributed by atoms with Gasteiger partial charge in [0.25, 0.3) is 5.91 Å². The number of rotatable bonds is 5. The van der Waals surface area contributed by atoms with Gasteiger partial charge in [0, 0.05) is 0 Å². The standard InChI is InChI=1S/C15H16N2O2S/c1-11(12-6-3-2-4-7-12)17-14(18)10-16-15(19)13-8-5-9-20-13/h2-9,11H,10H2,1H3,(H,16,19)(H,17,18)/t11-/m1/s1. The fourth-order valence-corrected chi connectivity index (χ4v) is 2.41. The van der Waals surface area contributed by atoms with E-state index in [0.29, 0.717) is 4.88 Å². The zero-order valence-electron chi connectivity index (χ0n) is 11.1. The Hall–Kier alpha value is -2.14. The lowest BCUT2D eigenvalue weighted by atomic mass is 10.1. The second-order valence-corrected chi connectivity index (χ2v) is 5.31. The van der Waals surface area contributed by atoms with E-state index >= 15 is 0 Å². The van der Waals surface area contributed by atoms with Crippen LogP contribution in [0, 0.1) is 0 Å². The van der Waals surface area contributed by atoms with Crippen LogP contribution >= 0.6 is 11.3 Å². The monoisotopic (exact) mass is 288 g/mol. The van der Waals surface area contributed by atoms with Crippen LogP contribution in [-0.4, -0.2) is 18.4 Å². The van der Waals surface area contributed by atoms with Crippen LogP contribution < -0.4 is 10.6 Å². The maximum absolute atomic E-state index is 11.8. The molecule has 1 atom stereocenters. The first-order valence-electron chi connectivity index (χ1n) is 6.33. The number of carbonyl (C=O) groups excluding carboxylic acids is 2. The van der Waals surface area contributed by atoms with Crippen LogP contribution in [0.1, 0.15) is 28.2 Å². The van der Waals surface area contributed by atoms with E-state index in [9.17, 15) is 9.59 Å². The first-order chi connectivity index (χ1) is 9.66. The Morgan fingerprint density at radius 1 is 1.15 bits per heavy atom. The number of nitrogens with one attached hydrogen (secondary N) is 2. The van der Waals surface area contributed by atoms with E-state index in [-0.39, 0.29) is 24.4 Å². The van der Waals surface area contributed by atoms with Gasteiger partial charge in [0.15, 0.2) is 0 Å². The average molecular weight is 288 g/mol. The normalized spacial score (nSPS) is 11.7. The van der Waals surface area contributed by atoms with Crippen molar-refractivity contribution in [1.29, 1.82) is 0 Å². The summed E-state index contributed by atoms with van der Waals surface area (Å²) in [6.45, 7) is 1.89. The third-order valence-corrected chi connectivity index (χ3v) is 3.70. The van der Waals surface area contributed by atoms with Crippen molar-refractivity contribution >= 4 is 23.2 Å². The fourth-order valence-electron chi connectivity index (χ4n) is 1.77. The third-order valence-electron chi connectivity index (χ3n) is 2.83. The Kier molecular flexibility index (Phi) is 4.90. The number of benzene rings is 1. The number of thiophene rings is 1. The highest BCUT2D eigenvalue weighted by Gasteiger charge is 2.11. The molecule has 0 bridgehead atoms. The van der Waals surface area contributed by atoms with Crippen molar-refractivity contribution in [3.63, 3.8) is 0 Å². The SMILES string of the molecule is C[C@@H](NC(=O)CNC(=O)c1cccs1)c1ccccc1. The van der Waals surface area contributed by atoms with E-state index in [1.807, 2.05) is 42.6 Å². The predicted octanol–water partition coefficient (Wildman–Crippen LogP) is 2.36. The Balaban J connectivity index is 1.80. The number of carbonyl (C=O) groups is 2. The zero-order chi connectivity index (χ0) is 14.4. The van der Waals surface area contributed by atoms with E-state index < -0.39 is 0 Å². The van der Waals surface area contributed by atoms with Gasteiger partial charge in [0.2, 0.25) is 5.91 Å². The van der Waals surface area contributed by atoms with Crippen molar-refractivity contribution in [1.82, 2.24) is 10.6 Å². The fraction of sp³-hybridized carbons (Fsp3) is 0.200. The van der Waals surface area contributed by atoms with Gasteiger partial charge in [-0.25, -0.2) is 0 Å². The van der Waals surface area contributed by atoms with E-state index in [0.717, 1.165) is 5.56 Å². The summed E-state index contributed by atoms with van der Waals surface area (Å²) in [5.74, 6) is -0.422. The van der Waals surface area contributed by atoms with E-state index in [4.69, 9.17) is 0 Å². The Morgan fingerprint density at radius 3 is 2.55 bits per heavy atom. The van der Waals surface area contributed by atoms with Crippen LogP contribution in [0.3, 0.4) is 0 Å². The molecular weight excluding hydrogens is 272 g/mol. The van der Waals surface area contributed by atoms with Crippen molar-refractivity contribution < 1.29 is 9.59 Å². The molecule has 0 fully saturated rings. The van der Waals surface area contributed by atoms with Gasteiger partial charge in [-0.1, -0.05) is 36.4 Å². The summed E-state index contributed by atoms with van der Waals surface area (Å²) >= 11 is 1.35. The summed E-state index contributed by atoms with van der Waals surface area (Å²) in [7, 11) is 0. The van der Waals surface area contributed by atoms with Crippen molar-refractivity contribution in [3.05, 3.63) is 58.3 Å². The van der Waals surface area contributed by atoms with Crippen LogP contribution in [0.4, 0.5) is 0 Å². The second kappa shape index (κ2) is 6.86. The highest BCUT2D eigenvalue weighted by molar-refractivity contribution is 7.12. The summed E-state index contributed by atoms with van der Waals surface area (Å²) < 4.78 is 0. The minimum Gasteiger partial charge on any atom is -0.348 e. The number of amides is 2. The van der Waals surface area contributed by atoms with Gasteiger partial charge >= 0.3 is 0 Å². The van der Waals surface area contributed by atoms with Crippen molar-refractivity contribution in [2.45, 2.75) is 13.0 Å². The zero-order valence-corrected chi connectivity index (χ0v) is 11.9. The Morgan fingerprint density at radius 2 is 1.90 bits per heavy atom. The molecule has 2 amide bonds. The minimum atomic E-state index is -0.220. The number of hydrogen-bond acceptors (Lipinski definition) is 3. The molecule has 2 aromatic rings.